The molecule has 0 bridgehead atoms. The number of thiocarbonyl (C=S) groups is 1. The molecule has 8 heteroatoms. The Labute approximate surface area is 149 Å². The molecule has 0 atom stereocenters. The molecule has 0 radical (unpaired) electrons. The normalized spacial score (nSPS) is 10.3. The Kier molecular flexibility index (Phi) is 6.76. The third kappa shape index (κ3) is 5.75. The van der Waals surface area contributed by atoms with Gasteiger partial charge in [0.2, 0.25) is 0 Å². The largest absolute Gasteiger partial charge is 0.497 e. The lowest BCUT2D eigenvalue weighted by atomic mass is 10.2. The maximum absolute atomic E-state index is 12.1. The number of hydrogen-bond acceptors (Lipinski definition) is 4. The first-order valence-corrected chi connectivity index (χ1v) is 7.73. The number of halogens is 2. The first kappa shape index (κ1) is 18.7. The fraction of sp³-hybridized carbons (Fsp3) is 0.235. The molecule has 0 saturated heterocycles. The molecule has 0 heterocycles. The molecule has 0 spiro atoms. The van der Waals surface area contributed by atoms with Gasteiger partial charge in [0.25, 0.3) is 0 Å². The van der Waals surface area contributed by atoms with E-state index in [0.29, 0.717) is 28.8 Å². The highest BCUT2D eigenvalue weighted by Crippen LogP contribution is 2.28. The summed E-state index contributed by atoms with van der Waals surface area (Å²) in [5.41, 5.74) is 1.53. The second-order valence-electron chi connectivity index (χ2n) is 4.90. The van der Waals surface area contributed by atoms with E-state index in [1.807, 2.05) is 0 Å². The molecular weight excluding hydrogens is 350 g/mol. The molecule has 0 fully saturated rings. The van der Waals surface area contributed by atoms with Gasteiger partial charge in [-0.15, -0.1) is 0 Å². The van der Waals surface area contributed by atoms with E-state index >= 15 is 0 Å². The van der Waals surface area contributed by atoms with Crippen molar-refractivity contribution in [1.29, 1.82) is 0 Å². The van der Waals surface area contributed by atoms with Gasteiger partial charge in [-0.1, -0.05) is 12.1 Å². The van der Waals surface area contributed by atoms with Crippen LogP contribution in [-0.4, -0.2) is 25.9 Å². The number of hydrogen-bond donors (Lipinski definition) is 2. The third-order valence-electron chi connectivity index (χ3n) is 3.26. The van der Waals surface area contributed by atoms with Crippen LogP contribution in [0.3, 0.4) is 0 Å². The number of rotatable bonds is 7. The molecule has 2 aromatic carbocycles. The summed E-state index contributed by atoms with van der Waals surface area (Å²) in [4.78, 5) is 0. The minimum Gasteiger partial charge on any atom is -0.497 e. The maximum atomic E-state index is 12.1. The monoisotopic (exact) mass is 368 g/mol. The molecule has 0 aromatic heterocycles. The molecule has 5 nitrogen and oxygen atoms in total. The Bertz CT molecular complexity index is 712. The van der Waals surface area contributed by atoms with Crippen LogP contribution in [0.4, 0.5) is 14.5 Å². The van der Waals surface area contributed by atoms with Gasteiger partial charge in [0.05, 0.1) is 19.9 Å². The smallest absolute Gasteiger partial charge is 0.387 e. The van der Waals surface area contributed by atoms with Gasteiger partial charge in [0.1, 0.15) is 17.2 Å². The summed E-state index contributed by atoms with van der Waals surface area (Å²) < 4.78 is 39.0. The Hall–Kier alpha value is -2.61. The van der Waals surface area contributed by atoms with Crippen LogP contribution in [0, 0.1) is 0 Å². The molecular formula is C17H18F2N2O3S. The summed E-state index contributed by atoms with van der Waals surface area (Å²) >= 11 is 5.26. The lowest BCUT2D eigenvalue weighted by molar-refractivity contribution is -0.0498. The molecule has 0 aliphatic rings. The number of methoxy groups -OCH3 is 2. The van der Waals surface area contributed by atoms with E-state index in [-0.39, 0.29) is 5.75 Å². The first-order chi connectivity index (χ1) is 12.0. The number of nitrogens with one attached hydrogen (secondary N) is 2. The van der Waals surface area contributed by atoms with E-state index in [0.717, 1.165) is 5.56 Å². The summed E-state index contributed by atoms with van der Waals surface area (Å²) in [6.07, 6.45) is 0. The van der Waals surface area contributed by atoms with E-state index < -0.39 is 6.61 Å². The van der Waals surface area contributed by atoms with Crippen LogP contribution in [-0.2, 0) is 6.54 Å². The quantitative estimate of drug-likeness (QED) is 0.725. The van der Waals surface area contributed by atoms with Gasteiger partial charge in [-0.05, 0) is 42.0 Å². The predicted octanol–water partition coefficient (Wildman–Crippen LogP) is 3.79. The highest BCUT2D eigenvalue weighted by atomic mass is 32.1. The van der Waals surface area contributed by atoms with Gasteiger partial charge in [-0.25, -0.2) is 0 Å². The number of alkyl halides is 2. The fourth-order valence-corrected chi connectivity index (χ4v) is 2.23. The summed E-state index contributed by atoms with van der Waals surface area (Å²) in [5.74, 6) is 1.40. The Morgan fingerprint density at radius 2 is 1.72 bits per heavy atom. The minimum atomic E-state index is -2.83. The summed E-state index contributed by atoms with van der Waals surface area (Å²) in [7, 11) is 3.13. The second kappa shape index (κ2) is 9.03. The van der Waals surface area contributed by atoms with Gasteiger partial charge >= 0.3 is 6.61 Å². The van der Waals surface area contributed by atoms with Crippen molar-refractivity contribution in [1.82, 2.24) is 5.32 Å². The van der Waals surface area contributed by atoms with Crippen molar-refractivity contribution in [3.63, 3.8) is 0 Å². The molecule has 0 aliphatic heterocycles. The Morgan fingerprint density at radius 1 is 1.04 bits per heavy atom. The first-order valence-electron chi connectivity index (χ1n) is 7.32. The number of ether oxygens (including phenoxy) is 3. The van der Waals surface area contributed by atoms with Crippen LogP contribution in [0.15, 0.2) is 42.5 Å². The molecule has 0 aliphatic carbocycles. The highest BCUT2D eigenvalue weighted by molar-refractivity contribution is 7.80. The predicted molar refractivity (Wildman–Crippen MR) is 95.7 cm³/mol. The van der Waals surface area contributed by atoms with Gasteiger partial charge in [-0.2, -0.15) is 8.78 Å². The maximum Gasteiger partial charge on any atom is 0.387 e. The molecule has 134 valence electrons. The van der Waals surface area contributed by atoms with Gasteiger partial charge in [0, 0.05) is 12.6 Å². The van der Waals surface area contributed by atoms with Gasteiger partial charge in [-0.3, -0.25) is 0 Å². The van der Waals surface area contributed by atoms with E-state index in [4.69, 9.17) is 21.7 Å². The highest BCUT2D eigenvalue weighted by Gasteiger charge is 2.07. The summed E-state index contributed by atoms with van der Waals surface area (Å²) in [5, 5.41) is 6.46. The van der Waals surface area contributed by atoms with Crippen LogP contribution < -0.4 is 24.8 Å². The van der Waals surface area contributed by atoms with E-state index in [9.17, 15) is 8.78 Å². The van der Waals surface area contributed by atoms with Gasteiger partial charge in [0.15, 0.2) is 5.11 Å². The third-order valence-corrected chi connectivity index (χ3v) is 3.50. The molecule has 0 saturated carbocycles. The standard InChI is InChI=1S/C17H18F2N2O3S/c1-22-13-7-8-15(23-2)14(9-13)21-17(25)20-10-11-3-5-12(6-4-11)24-16(18)19/h3-9,16H,10H2,1-2H3,(H2,20,21,25). The van der Waals surface area contributed by atoms with Crippen LogP contribution in [0.25, 0.3) is 0 Å². The fourth-order valence-electron chi connectivity index (χ4n) is 2.05. The second-order valence-corrected chi connectivity index (χ2v) is 5.30. The van der Waals surface area contributed by atoms with E-state index in [1.165, 1.54) is 12.1 Å². The molecule has 2 rings (SSSR count). The van der Waals surface area contributed by atoms with E-state index in [2.05, 4.69) is 15.4 Å². The SMILES string of the molecule is COc1ccc(OC)c(NC(=S)NCc2ccc(OC(F)F)cc2)c1. The lowest BCUT2D eigenvalue weighted by Crippen LogP contribution is -2.28. The van der Waals surface area contributed by atoms with Crippen LogP contribution in [0.5, 0.6) is 17.2 Å². The van der Waals surface area contributed by atoms with Gasteiger partial charge < -0.3 is 24.8 Å². The lowest BCUT2D eigenvalue weighted by Gasteiger charge is -2.14. The van der Waals surface area contributed by atoms with Crippen LogP contribution in [0.1, 0.15) is 5.56 Å². The van der Waals surface area contributed by atoms with E-state index in [1.54, 1.807) is 44.6 Å². The van der Waals surface area contributed by atoms with Crippen molar-refractivity contribution in [3.05, 3.63) is 48.0 Å². The summed E-state index contributed by atoms with van der Waals surface area (Å²) in [6, 6.07) is 11.6. The molecule has 2 N–H and O–H groups in total. The Balaban J connectivity index is 1.92. The zero-order valence-corrected chi connectivity index (χ0v) is 14.5. The topological polar surface area (TPSA) is 51.8 Å². The average molecular weight is 368 g/mol. The van der Waals surface area contributed by atoms with Crippen molar-refractivity contribution in [2.24, 2.45) is 0 Å². The molecule has 0 unspecified atom stereocenters. The Morgan fingerprint density at radius 3 is 2.32 bits per heavy atom. The molecule has 0 amide bonds. The van der Waals surface area contributed by atoms with Crippen molar-refractivity contribution in [2.45, 2.75) is 13.2 Å². The molecule has 2 aromatic rings. The van der Waals surface area contributed by atoms with Crippen molar-refractivity contribution in [3.8, 4) is 17.2 Å². The average Bonchev–Trinajstić information content (AvgIpc) is 2.60. The zero-order valence-electron chi connectivity index (χ0n) is 13.7. The summed E-state index contributed by atoms with van der Waals surface area (Å²) in [6.45, 7) is -2.41. The van der Waals surface area contributed by atoms with Crippen molar-refractivity contribution in [2.75, 3.05) is 19.5 Å². The number of benzene rings is 2. The van der Waals surface area contributed by atoms with Crippen molar-refractivity contribution < 1.29 is 23.0 Å². The molecule has 25 heavy (non-hydrogen) atoms. The minimum absolute atomic E-state index is 0.112. The van der Waals surface area contributed by atoms with Crippen molar-refractivity contribution >= 4 is 23.0 Å². The van der Waals surface area contributed by atoms with Crippen LogP contribution in [0.2, 0.25) is 0 Å². The zero-order chi connectivity index (χ0) is 18.2. The number of anilines is 1. The van der Waals surface area contributed by atoms with Crippen LogP contribution >= 0.6 is 12.2 Å².